The van der Waals surface area contributed by atoms with Crippen molar-refractivity contribution in [3.63, 3.8) is 0 Å². The van der Waals surface area contributed by atoms with Crippen LogP contribution in [0.3, 0.4) is 0 Å². The van der Waals surface area contributed by atoms with Gasteiger partial charge in [0.05, 0.1) is 25.3 Å². The highest BCUT2D eigenvalue weighted by atomic mass is 19.1. The first kappa shape index (κ1) is 20.5. The lowest BCUT2D eigenvalue weighted by Gasteiger charge is -2.25. The number of ether oxygens (including phenoxy) is 2. The molecule has 0 radical (unpaired) electrons. The summed E-state index contributed by atoms with van der Waals surface area (Å²) in [5.74, 6) is -1.63. The number of aryl methyl sites for hydroxylation is 1. The second kappa shape index (κ2) is 8.45. The van der Waals surface area contributed by atoms with Crippen LogP contribution in [-0.2, 0) is 14.3 Å². The predicted octanol–water partition coefficient (Wildman–Crippen LogP) is 3.21. The van der Waals surface area contributed by atoms with Gasteiger partial charge in [-0.2, -0.15) is 0 Å². The molecular weight excluding hydrogens is 377 g/mol. The number of halogens is 1. The number of amides is 1. The van der Waals surface area contributed by atoms with Crippen molar-refractivity contribution >= 4 is 17.4 Å². The molecule has 1 N–H and O–H groups in total. The van der Waals surface area contributed by atoms with Crippen LogP contribution >= 0.6 is 0 Å². The Morgan fingerprint density at radius 3 is 2.41 bits per heavy atom. The average Bonchev–Trinajstić information content (AvgIpc) is 2.96. The number of nitrogens with zero attached hydrogens (tertiary/aromatic N) is 1. The highest BCUT2D eigenvalue weighted by Gasteiger charge is 2.46. The summed E-state index contributed by atoms with van der Waals surface area (Å²) < 4.78 is 23.7. The van der Waals surface area contributed by atoms with Gasteiger partial charge in [-0.05, 0) is 48.4 Å². The van der Waals surface area contributed by atoms with Crippen molar-refractivity contribution in [2.45, 2.75) is 13.0 Å². The number of likely N-dealkylation sites (tertiary alicyclic amines) is 1. The van der Waals surface area contributed by atoms with Crippen LogP contribution in [0.5, 0.6) is 5.75 Å². The van der Waals surface area contributed by atoms with Crippen LogP contribution < -0.4 is 4.74 Å². The SMILES string of the molecule is COCCN1C(=O)C(=O)/C(=C(/O)c2ccc(OC)cc2C)[C@H]1c1ccc(F)cc1. The van der Waals surface area contributed by atoms with Crippen LogP contribution in [0.2, 0.25) is 0 Å². The Morgan fingerprint density at radius 1 is 1.14 bits per heavy atom. The Balaban J connectivity index is 2.17. The zero-order valence-electron chi connectivity index (χ0n) is 16.4. The molecule has 0 bridgehead atoms. The van der Waals surface area contributed by atoms with Gasteiger partial charge in [-0.15, -0.1) is 0 Å². The molecule has 1 heterocycles. The van der Waals surface area contributed by atoms with Crippen LogP contribution in [0.25, 0.3) is 5.76 Å². The molecule has 0 aliphatic carbocycles. The van der Waals surface area contributed by atoms with E-state index >= 15 is 0 Å². The minimum Gasteiger partial charge on any atom is -0.507 e. The van der Waals surface area contributed by atoms with E-state index in [1.807, 2.05) is 0 Å². The number of Topliss-reactive ketones (excluding diaryl/α,β-unsaturated/α-hetero) is 1. The molecule has 2 aromatic rings. The largest absolute Gasteiger partial charge is 0.507 e. The van der Waals surface area contributed by atoms with E-state index in [1.54, 1.807) is 25.1 Å². The van der Waals surface area contributed by atoms with Crippen molar-refractivity contribution in [3.05, 3.63) is 70.5 Å². The number of benzene rings is 2. The molecule has 29 heavy (non-hydrogen) atoms. The van der Waals surface area contributed by atoms with Crippen molar-refractivity contribution in [2.24, 2.45) is 0 Å². The number of carbonyl (C=O) groups is 2. The monoisotopic (exact) mass is 399 g/mol. The van der Waals surface area contributed by atoms with Crippen molar-refractivity contribution in [3.8, 4) is 5.75 Å². The predicted molar refractivity (Wildman–Crippen MR) is 105 cm³/mol. The highest BCUT2D eigenvalue weighted by molar-refractivity contribution is 6.46. The van der Waals surface area contributed by atoms with Crippen LogP contribution in [-0.4, -0.2) is 49.1 Å². The minimum atomic E-state index is -0.841. The lowest BCUT2D eigenvalue weighted by Crippen LogP contribution is -2.32. The highest BCUT2D eigenvalue weighted by Crippen LogP contribution is 2.40. The molecule has 1 atom stereocenters. The molecule has 0 saturated carbocycles. The summed E-state index contributed by atoms with van der Waals surface area (Å²) >= 11 is 0. The van der Waals surface area contributed by atoms with Crippen LogP contribution in [0.1, 0.15) is 22.7 Å². The molecule has 1 fully saturated rings. The molecule has 7 heteroatoms. The van der Waals surface area contributed by atoms with Gasteiger partial charge in [0, 0.05) is 19.2 Å². The first-order valence-corrected chi connectivity index (χ1v) is 9.06. The molecule has 1 saturated heterocycles. The average molecular weight is 399 g/mol. The maximum atomic E-state index is 13.4. The van der Waals surface area contributed by atoms with Gasteiger partial charge in [-0.3, -0.25) is 9.59 Å². The summed E-state index contributed by atoms with van der Waals surface area (Å²) in [6, 6.07) is 9.69. The number of ketones is 1. The molecule has 152 valence electrons. The van der Waals surface area contributed by atoms with E-state index in [1.165, 1.54) is 43.4 Å². The van der Waals surface area contributed by atoms with Gasteiger partial charge in [0.15, 0.2) is 0 Å². The van der Waals surface area contributed by atoms with E-state index in [0.29, 0.717) is 22.4 Å². The number of hydrogen-bond donors (Lipinski definition) is 1. The maximum Gasteiger partial charge on any atom is 0.295 e. The summed E-state index contributed by atoms with van der Waals surface area (Å²) in [5, 5.41) is 11.0. The lowest BCUT2D eigenvalue weighted by atomic mass is 9.94. The molecule has 2 aromatic carbocycles. The smallest absolute Gasteiger partial charge is 0.295 e. The molecule has 1 aliphatic heterocycles. The first-order chi connectivity index (χ1) is 13.9. The fourth-order valence-electron chi connectivity index (χ4n) is 3.47. The topological polar surface area (TPSA) is 76.1 Å². The molecule has 0 aromatic heterocycles. The normalized spacial score (nSPS) is 18.3. The molecular formula is C22H22FNO5. The van der Waals surface area contributed by atoms with Gasteiger partial charge in [-0.25, -0.2) is 4.39 Å². The van der Waals surface area contributed by atoms with E-state index in [-0.39, 0.29) is 24.5 Å². The van der Waals surface area contributed by atoms with E-state index in [0.717, 1.165) is 0 Å². The summed E-state index contributed by atoms with van der Waals surface area (Å²) in [4.78, 5) is 26.8. The van der Waals surface area contributed by atoms with Gasteiger partial charge in [-0.1, -0.05) is 12.1 Å². The zero-order chi connectivity index (χ0) is 21.1. The Bertz CT molecular complexity index is 968. The van der Waals surface area contributed by atoms with Crippen molar-refractivity contribution in [1.82, 2.24) is 4.90 Å². The third kappa shape index (κ3) is 3.86. The first-order valence-electron chi connectivity index (χ1n) is 9.06. The minimum absolute atomic E-state index is 0.0361. The molecule has 1 aliphatic rings. The number of carbonyl (C=O) groups excluding carboxylic acids is 2. The zero-order valence-corrected chi connectivity index (χ0v) is 16.4. The summed E-state index contributed by atoms with van der Waals surface area (Å²) in [5.41, 5.74) is 1.59. The van der Waals surface area contributed by atoms with E-state index in [9.17, 15) is 19.1 Å². The van der Waals surface area contributed by atoms with E-state index in [2.05, 4.69) is 0 Å². The Kier molecular flexibility index (Phi) is 5.98. The molecule has 3 rings (SSSR count). The van der Waals surface area contributed by atoms with Gasteiger partial charge >= 0.3 is 0 Å². The molecule has 1 amide bonds. The van der Waals surface area contributed by atoms with Crippen molar-refractivity contribution in [1.29, 1.82) is 0 Å². The summed E-state index contributed by atoms with van der Waals surface area (Å²) in [6.45, 7) is 2.14. The number of aliphatic hydroxyl groups excluding tert-OH is 1. The number of rotatable bonds is 6. The third-order valence-corrected chi connectivity index (χ3v) is 4.95. The summed E-state index contributed by atoms with van der Waals surface area (Å²) in [6.07, 6.45) is 0. The maximum absolute atomic E-state index is 13.4. The second-order valence-electron chi connectivity index (χ2n) is 6.72. The third-order valence-electron chi connectivity index (χ3n) is 4.95. The Hall–Kier alpha value is -3.19. The van der Waals surface area contributed by atoms with Crippen LogP contribution in [0.15, 0.2) is 48.0 Å². The second-order valence-corrected chi connectivity index (χ2v) is 6.72. The van der Waals surface area contributed by atoms with Gasteiger partial charge in [0.2, 0.25) is 0 Å². The molecule has 6 nitrogen and oxygen atoms in total. The van der Waals surface area contributed by atoms with E-state index in [4.69, 9.17) is 9.47 Å². The fraction of sp³-hybridized carbons (Fsp3) is 0.273. The number of aliphatic hydroxyl groups is 1. The summed E-state index contributed by atoms with van der Waals surface area (Å²) in [7, 11) is 3.02. The standard InChI is InChI=1S/C22H22FNO5/c1-13-12-16(29-3)8-9-17(13)20(25)18-19(14-4-6-15(23)7-5-14)24(10-11-28-2)22(27)21(18)26/h4-9,12,19,25H,10-11H2,1-3H3/b20-18+/t19-/m1/s1. The van der Waals surface area contributed by atoms with Crippen molar-refractivity contribution in [2.75, 3.05) is 27.4 Å². The van der Waals surface area contributed by atoms with Gasteiger partial charge in [0.25, 0.3) is 11.7 Å². The van der Waals surface area contributed by atoms with Gasteiger partial charge < -0.3 is 19.5 Å². The molecule has 0 spiro atoms. The number of hydrogen-bond acceptors (Lipinski definition) is 5. The van der Waals surface area contributed by atoms with Crippen LogP contribution in [0, 0.1) is 12.7 Å². The van der Waals surface area contributed by atoms with Gasteiger partial charge in [0.1, 0.15) is 17.3 Å². The van der Waals surface area contributed by atoms with Crippen molar-refractivity contribution < 1.29 is 28.6 Å². The quantitative estimate of drug-likeness (QED) is 0.459. The van der Waals surface area contributed by atoms with E-state index < -0.39 is 23.5 Å². The lowest BCUT2D eigenvalue weighted by molar-refractivity contribution is -0.140. The number of methoxy groups -OCH3 is 2. The fourth-order valence-corrected chi connectivity index (χ4v) is 3.47. The van der Waals surface area contributed by atoms with Crippen LogP contribution in [0.4, 0.5) is 4.39 Å². The Morgan fingerprint density at radius 2 is 1.83 bits per heavy atom. The Labute approximate surface area is 168 Å². The molecule has 0 unspecified atom stereocenters.